The van der Waals surface area contributed by atoms with Crippen molar-refractivity contribution < 1.29 is 51.3 Å². The van der Waals surface area contributed by atoms with Crippen LogP contribution in [0, 0.1) is 47.7 Å². The van der Waals surface area contributed by atoms with Crippen LogP contribution < -0.4 is 0 Å². The zero-order chi connectivity index (χ0) is 10.1. The quantitative estimate of drug-likeness (QED) is 0.437. The number of ether oxygens (including phenoxy) is 1. The molecule has 14 heavy (non-hydrogen) atoms. The molecule has 0 spiro atoms. The molecule has 0 aromatic carbocycles. The molecule has 1 radical (unpaired) electrons. The van der Waals surface area contributed by atoms with E-state index >= 15 is 0 Å². The molecule has 0 aliphatic rings. The Kier molecular flexibility index (Phi) is 15.4. The Morgan fingerprint density at radius 2 is 1.93 bits per heavy atom. The van der Waals surface area contributed by atoms with Gasteiger partial charge < -0.3 is 4.74 Å². The van der Waals surface area contributed by atoms with Gasteiger partial charge in [-0.05, 0) is 12.3 Å². The first-order valence-corrected chi connectivity index (χ1v) is 5.56. The maximum Gasteiger partial charge on any atom is 3.00 e. The van der Waals surface area contributed by atoms with E-state index in [9.17, 15) is 4.79 Å². The van der Waals surface area contributed by atoms with Gasteiger partial charge in [0.05, 0.1) is 12.4 Å². The summed E-state index contributed by atoms with van der Waals surface area (Å²) in [5, 5.41) is 0. The summed E-state index contributed by atoms with van der Waals surface area (Å²) in [6.45, 7) is 5.00. The first-order valence-electron chi connectivity index (χ1n) is 4.93. The Morgan fingerprint density at radius 3 is 2.43 bits per heavy atom. The summed E-state index contributed by atoms with van der Waals surface area (Å²) in [7, 11) is 0. The number of unbranched alkanes of at least 4 members (excludes halogenated alkanes) is 2. The SMILES string of the molecule is CC(C)CCCCCOC(=O)CS.[Ce+3]. The number of esters is 1. The van der Waals surface area contributed by atoms with Crippen molar-refractivity contribution in [3.05, 3.63) is 0 Å². The maximum atomic E-state index is 10.7. The molecule has 2 nitrogen and oxygen atoms in total. The second-order valence-corrected chi connectivity index (χ2v) is 3.94. The Morgan fingerprint density at radius 1 is 1.29 bits per heavy atom. The van der Waals surface area contributed by atoms with E-state index in [0.717, 1.165) is 18.8 Å². The van der Waals surface area contributed by atoms with E-state index in [2.05, 4.69) is 26.5 Å². The first-order chi connectivity index (χ1) is 6.16. The number of carbonyl (C=O) groups is 1. The molecule has 0 unspecified atom stereocenters. The maximum absolute atomic E-state index is 10.7. The molecule has 0 N–H and O–H groups in total. The van der Waals surface area contributed by atoms with Crippen molar-refractivity contribution in [1.29, 1.82) is 0 Å². The zero-order valence-electron chi connectivity index (χ0n) is 9.08. The Hall–Kier alpha value is 1.20. The first kappa shape index (κ1) is 17.6. The minimum absolute atomic E-state index is 0. The van der Waals surface area contributed by atoms with E-state index in [1.165, 1.54) is 12.8 Å². The van der Waals surface area contributed by atoms with E-state index in [1.54, 1.807) is 0 Å². The normalized spacial score (nSPS) is 9.71. The minimum atomic E-state index is -0.216. The fourth-order valence-corrected chi connectivity index (χ4v) is 1.15. The molecular weight excluding hydrogens is 324 g/mol. The van der Waals surface area contributed by atoms with Crippen molar-refractivity contribution >= 4 is 18.6 Å². The summed E-state index contributed by atoms with van der Waals surface area (Å²) in [5.41, 5.74) is 0. The second kappa shape index (κ2) is 12.3. The van der Waals surface area contributed by atoms with Crippen molar-refractivity contribution in [3.8, 4) is 0 Å². The molecule has 0 aromatic rings. The van der Waals surface area contributed by atoms with E-state index < -0.39 is 0 Å². The van der Waals surface area contributed by atoms with Gasteiger partial charge in [0.1, 0.15) is 0 Å². The number of rotatable bonds is 7. The molecule has 0 atom stereocenters. The average molecular weight is 344 g/mol. The van der Waals surface area contributed by atoms with Gasteiger partial charge in [-0.25, -0.2) is 0 Å². The monoisotopic (exact) mass is 344 g/mol. The molecule has 0 saturated carbocycles. The largest absolute Gasteiger partial charge is 3.00 e. The van der Waals surface area contributed by atoms with Gasteiger partial charge in [0.2, 0.25) is 0 Å². The van der Waals surface area contributed by atoms with Gasteiger partial charge in [-0.15, -0.1) is 0 Å². The fourth-order valence-electron chi connectivity index (χ4n) is 1.06. The summed E-state index contributed by atoms with van der Waals surface area (Å²) in [6.07, 6.45) is 4.63. The van der Waals surface area contributed by atoms with Gasteiger partial charge in [-0.1, -0.05) is 33.1 Å². The van der Waals surface area contributed by atoms with Gasteiger partial charge in [0, 0.05) is 0 Å². The molecular formula is C10H20CeO2S+3. The van der Waals surface area contributed by atoms with E-state index in [4.69, 9.17) is 4.74 Å². The third-order valence-corrected chi connectivity index (χ3v) is 2.08. The smallest absolute Gasteiger partial charge is 0.465 e. The summed E-state index contributed by atoms with van der Waals surface area (Å²) in [5.74, 6) is 0.749. The van der Waals surface area contributed by atoms with Crippen molar-refractivity contribution in [1.82, 2.24) is 0 Å². The van der Waals surface area contributed by atoms with Crippen molar-refractivity contribution in [3.63, 3.8) is 0 Å². The van der Waals surface area contributed by atoms with Gasteiger partial charge in [0.15, 0.2) is 0 Å². The molecule has 0 amide bonds. The average Bonchev–Trinajstić information content (AvgIpc) is 2.10. The number of hydrogen-bond acceptors (Lipinski definition) is 3. The third kappa shape index (κ3) is 13.2. The van der Waals surface area contributed by atoms with Crippen LogP contribution in [-0.2, 0) is 9.53 Å². The predicted octanol–water partition coefficient (Wildman–Crippen LogP) is 2.68. The predicted molar refractivity (Wildman–Crippen MR) is 58.1 cm³/mol. The molecule has 79 valence electrons. The Bertz CT molecular complexity index is 140. The van der Waals surface area contributed by atoms with E-state index in [-0.39, 0.29) is 53.5 Å². The summed E-state index contributed by atoms with van der Waals surface area (Å²) in [6, 6.07) is 0. The van der Waals surface area contributed by atoms with Crippen molar-refractivity contribution in [2.45, 2.75) is 39.5 Å². The van der Waals surface area contributed by atoms with Crippen LogP contribution in [-0.4, -0.2) is 18.3 Å². The van der Waals surface area contributed by atoms with Crippen LogP contribution in [0.15, 0.2) is 0 Å². The standard InChI is InChI=1S/C10H20O2S.Ce/c1-9(2)6-4-3-5-7-12-10(11)8-13;/h9,13H,3-8H2,1-2H3;/q;+3. The number of carbonyl (C=O) groups excluding carboxylic acids is 1. The molecule has 0 aromatic heterocycles. The fraction of sp³-hybridized carbons (Fsp3) is 0.900. The topological polar surface area (TPSA) is 26.3 Å². The van der Waals surface area contributed by atoms with Crippen LogP contribution in [0.4, 0.5) is 0 Å². The van der Waals surface area contributed by atoms with E-state index in [0.29, 0.717) is 6.61 Å². The molecule has 4 heteroatoms. The van der Waals surface area contributed by atoms with Crippen LogP contribution in [0.25, 0.3) is 0 Å². The number of thiol groups is 1. The van der Waals surface area contributed by atoms with Crippen LogP contribution in [0.1, 0.15) is 39.5 Å². The molecule has 0 heterocycles. The third-order valence-electron chi connectivity index (χ3n) is 1.82. The van der Waals surface area contributed by atoms with Gasteiger partial charge >= 0.3 is 47.7 Å². The van der Waals surface area contributed by atoms with Crippen LogP contribution in [0.5, 0.6) is 0 Å². The summed E-state index contributed by atoms with van der Waals surface area (Å²) < 4.78 is 4.88. The van der Waals surface area contributed by atoms with E-state index in [1.807, 2.05) is 0 Å². The summed E-state index contributed by atoms with van der Waals surface area (Å²) in [4.78, 5) is 10.7. The Labute approximate surface area is 126 Å². The minimum Gasteiger partial charge on any atom is -0.465 e. The number of hydrogen-bond donors (Lipinski definition) is 1. The Balaban J connectivity index is 0. The summed E-state index contributed by atoms with van der Waals surface area (Å²) >= 11 is 3.81. The molecule has 0 aliphatic carbocycles. The second-order valence-electron chi connectivity index (χ2n) is 3.62. The van der Waals surface area contributed by atoms with Crippen LogP contribution in [0.3, 0.4) is 0 Å². The van der Waals surface area contributed by atoms with Gasteiger partial charge in [-0.3, -0.25) is 4.79 Å². The van der Waals surface area contributed by atoms with Crippen LogP contribution in [0.2, 0.25) is 0 Å². The van der Waals surface area contributed by atoms with Gasteiger partial charge in [-0.2, -0.15) is 12.6 Å². The molecule has 0 fully saturated rings. The molecule has 0 rings (SSSR count). The zero-order valence-corrected chi connectivity index (χ0v) is 13.1. The van der Waals surface area contributed by atoms with Crippen molar-refractivity contribution in [2.75, 3.05) is 12.4 Å². The molecule has 0 bridgehead atoms. The molecule has 0 saturated heterocycles. The van der Waals surface area contributed by atoms with Crippen LogP contribution >= 0.6 is 12.6 Å². The van der Waals surface area contributed by atoms with Gasteiger partial charge in [0.25, 0.3) is 0 Å². The van der Waals surface area contributed by atoms with Crippen molar-refractivity contribution in [2.24, 2.45) is 5.92 Å². The molecule has 0 aliphatic heterocycles.